The summed E-state index contributed by atoms with van der Waals surface area (Å²) < 4.78 is 10.3. The zero-order chi connectivity index (χ0) is 11.5. The van der Waals surface area contributed by atoms with Crippen molar-refractivity contribution in [2.75, 3.05) is 14.2 Å². The van der Waals surface area contributed by atoms with Gasteiger partial charge in [-0.25, -0.2) is 0 Å². The monoisotopic (exact) mass is 216 g/mol. The minimum atomic E-state index is 0.555. The Morgan fingerprint density at radius 1 is 1.06 bits per heavy atom. The third-order valence-electron chi connectivity index (χ3n) is 2.57. The fourth-order valence-electron chi connectivity index (χ4n) is 1.73. The Kier molecular flexibility index (Phi) is 2.77. The van der Waals surface area contributed by atoms with Crippen LogP contribution in [0, 0.1) is 0 Å². The highest BCUT2D eigenvalue weighted by Crippen LogP contribution is 2.29. The van der Waals surface area contributed by atoms with Gasteiger partial charge in [0.2, 0.25) is 0 Å². The minimum absolute atomic E-state index is 0.555. The predicted octanol–water partition coefficient (Wildman–Crippen LogP) is 2.67. The highest BCUT2D eigenvalue weighted by molar-refractivity contribution is 6.01. The molecule has 0 unspecified atom stereocenters. The molecule has 0 aliphatic carbocycles. The van der Waals surface area contributed by atoms with Gasteiger partial charge in [0, 0.05) is 0 Å². The third-order valence-corrected chi connectivity index (χ3v) is 2.57. The van der Waals surface area contributed by atoms with Crippen LogP contribution in [-0.2, 0) is 0 Å². The SMILES string of the molecule is COc1ccc2ccc(OC)c(C=O)c2c1. The van der Waals surface area contributed by atoms with E-state index in [2.05, 4.69) is 0 Å². The molecule has 0 aliphatic heterocycles. The molecule has 0 aromatic heterocycles. The molecule has 0 bridgehead atoms. The highest BCUT2D eigenvalue weighted by Gasteiger charge is 2.08. The number of carbonyl (C=O) groups excluding carboxylic acids is 1. The quantitative estimate of drug-likeness (QED) is 0.740. The van der Waals surface area contributed by atoms with Crippen molar-refractivity contribution in [3.63, 3.8) is 0 Å². The largest absolute Gasteiger partial charge is 0.497 e. The van der Waals surface area contributed by atoms with Gasteiger partial charge in [0.15, 0.2) is 6.29 Å². The summed E-state index contributed by atoms with van der Waals surface area (Å²) in [6.45, 7) is 0. The first-order valence-corrected chi connectivity index (χ1v) is 4.90. The van der Waals surface area contributed by atoms with Crippen LogP contribution in [0.2, 0.25) is 0 Å². The molecule has 0 saturated carbocycles. The number of fused-ring (bicyclic) bond motifs is 1. The summed E-state index contributed by atoms with van der Waals surface area (Å²) in [5.74, 6) is 1.31. The average Bonchev–Trinajstić information content (AvgIpc) is 2.36. The summed E-state index contributed by atoms with van der Waals surface area (Å²) in [5, 5.41) is 1.83. The maximum atomic E-state index is 11.1. The van der Waals surface area contributed by atoms with E-state index in [-0.39, 0.29) is 0 Å². The molecule has 0 aliphatic rings. The van der Waals surface area contributed by atoms with Crippen LogP contribution in [0.15, 0.2) is 30.3 Å². The number of rotatable bonds is 3. The molecule has 16 heavy (non-hydrogen) atoms. The fourth-order valence-corrected chi connectivity index (χ4v) is 1.73. The Morgan fingerprint density at radius 3 is 2.44 bits per heavy atom. The number of aldehydes is 1. The highest BCUT2D eigenvalue weighted by atomic mass is 16.5. The summed E-state index contributed by atoms with van der Waals surface area (Å²) in [7, 11) is 3.15. The summed E-state index contributed by atoms with van der Waals surface area (Å²) in [6, 6.07) is 9.32. The fraction of sp³-hybridized carbons (Fsp3) is 0.154. The van der Waals surface area contributed by atoms with E-state index < -0.39 is 0 Å². The van der Waals surface area contributed by atoms with E-state index in [1.807, 2.05) is 24.3 Å². The molecule has 3 nitrogen and oxygen atoms in total. The lowest BCUT2D eigenvalue weighted by Gasteiger charge is -2.08. The van der Waals surface area contributed by atoms with Gasteiger partial charge in [-0.15, -0.1) is 0 Å². The van der Waals surface area contributed by atoms with Gasteiger partial charge in [-0.3, -0.25) is 4.79 Å². The lowest BCUT2D eigenvalue weighted by Crippen LogP contribution is -1.92. The summed E-state index contributed by atoms with van der Waals surface area (Å²) >= 11 is 0. The van der Waals surface area contributed by atoms with Crippen LogP contribution in [0.1, 0.15) is 10.4 Å². The number of ether oxygens (including phenoxy) is 2. The van der Waals surface area contributed by atoms with Crippen molar-refractivity contribution >= 4 is 17.1 Å². The Morgan fingerprint density at radius 2 is 1.81 bits per heavy atom. The standard InChI is InChI=1S/C13H12O3/c1-15-10-5-3-9-4-6-13(16-2)12(8-14)11(9)7-10/h3-8H,1-2H3. The van der Waals surface area contributed by atoms with E-state index in [1.54, 1.807) is 20.3 Å². The van der Waals surface area contributed by atoms with Crippen molar-refractivity contribution in [1.82, 2.24) is 0 Å². The Hall–Kier alpha value is -2.03. The number of methoxy groups -OCH3 is 2. The van der Waals surface area contributed by atoms with Crippen LogP contribution < -0.4 is 9.47 Å². The van der Waals surface area contributed by atoms with E-state index in [4.69, 9.17) is 9.47 Å². The molecule has 0 amide bonds. The molecule has 0 saturated heterocycles. The maximum Gasteiger partial charge on any atom is 0.154 e. The van der Waals surface area contributed by atoms with Crippen LogP contribution in [0.25, 0.3) is 10.8 Å². The lowest BCUT2D eigenvalue weighted by atomic mass is 10.0. The van der Waals surface area contributed by atoms with Crippen molar-refractivity contribution in [3.05, 3.63) is 35.9 Å². The first-order valence-electron chi connectivity index (χ1n) is 4.90. The van der Waals surface area contributed by atoms with Crippen LogP contribution in [0.3, 0.4) is 0 Å². The molecule has 2 rings (SSSR count). The van der Waals surface area contributed by atoms with Gasteiger partial charge in [-0.2, -0.15) is 0 Å². The Labute approximate surface area is 93.6 Å². The molecule has 2 aromatic carbocycles. The molecule has 2 aromatic rings. The maximum absolute atomic E-state index is 11.1. The number of hydrogen-bond acceptors (Lipinski definition) is 3. The van der Waals surface area contributed by atoms with Crippen molar-refractivity contribution in [2.24, 2.45) is 0 Å². The van der Waals surface area contributed by atoms with Crippen molar-refractivity contribution in [1.29, 1.82) is 0 Å². The van der Waals surface area contributed by atoms with Gasteiger partial charge in [-0.1, -0.05) is 12.1 Å². The molecule has 0 radical (unpaired) electrons. The summed E-state index contributed by atoms with van der Waals surface area (Å²) in [5.41, 5.74) is 0.555. The second kappa shape index (κ2) is 4.23. The number of benzene rings is 2. The van der Waals surface area contributed by atoms with Crippen LogP contribution in [-0.4, -0.2) is 20.5 Å². The first-order chi connectivity index (χ1) is 7.80. The van der Waals surface area contributed by atoms with Gasteiger partial charge < -0.3 is 9.47 Å². The summed E-state index contributed by atoms with van der Waals surface area (Å²) in [6.07, 6.45) is 0.806. The van der Waals surface area contributed by atoms with Crippen molar-refractivity contribution in [3.8, 4) is 11.5 Å². The van der Waals surface area contributed by atoms with Crippen LogP contribution in [0.5, 0.6) is 11.5 Å². The predicted molar refractivity (Wildman–Crippen MR) is 62.4 cm³/mol. The van der Waals surface area contributed by atoms with E-state index >= 15 is 0 Å². The van der Waals surface area contributed by atoms with E-state index in [0.717, 1.165) is 22.8 Å². The van der Waals surface area contributed by atoms with Crippen LogP contribution in [0.4, 0.5) is 0 Å². The Balaban J connectivity index is 2.78. The second-order valence-corrected chi connectivity index (χ2v) is 3.39. The van der Waals surface area contributed by atoms with Gasteiger partial charge in [0.1, 0.15) is 11.5 Å². The van der Waals surface area contributed by atoms with E-state index in [0.29, 0.717) is 11.3 Å². The molecule has 82 valence electrons. The Bertz CT molecular complexity index is 527. The topological polar surface area (TPSA) is 35.5 Å². The molecule has 0 atom stereocenters. The normalized spacial score (nSPS) is 10.1. The van der Waals surface area contributed by atoms with Crippen molar-refractivity contribution in [2.45, 2.75) is 0 Å². The van der Waals surface area contributed by atoms with Crippen LogP contribution >= 0.6 is 0 Å². The zero-order valence-corrected chi connectivity index (χ0v) is 9.19. The van der Waals surface area contributed by atoms with Gasteiger partial charge in [0.25, 0.3) is 0 Å². The molecule has 0 N–H and O–H groups in total. The lowest BCUT2D eigenvalue weighted by molar-refractivity contribution is 0.112. The average molecular weight is 216 g/mol. The third kappa shape index (κ3) is 1.60. The number of hydrogen-bond donors (Lipinski definition) is 0. The molecular weight excluding hydrogens is 204 g/mol. The smallest absolute Gasteiger partial charge is 0.154 e. The van der Waals surface area contributed by atoms with E-state index in [1.165, 1.54) is 0 Å². The zero-order valence-electron chi connectivity index (χ0n) is 9.19. The van der Waals surface area contributed by atoms with Gasteiger partial charge in [0.05, 0.1) is 19.8 Å². The minimum Gasteiger partial charge on any atom is -0.497 e. The molecule has 3 heteroatoms. The van der Waals surface area contributed by atoms with E-state index in [9.17, 15) is 4.79 Å². The van der Waals surface area contributed by atoms with Gasteiger partial charge >= 0.3 is 0 Å². The first kappa shape index (κ1) is 10.5. The molecule has 0 spiro atoms. The van der Waals surface area contributed by atoms with Gasteiger partial charge in [-0.05, 0) is 29.0 Å². The molecule has 0 heterocycles. The molecule has 0 fully saturated rings. The second-order valence-electron chi connectivity index (χ2n) is 3.39. The summed E-state index contributed by atoms with van der Waals surface area (Å²) in [4.78, 5) is 11.1. The molecular formula is C13H12O3. The number of carbonyl (C=O) groups is 1. The van der Waals surface area contributed by atoms with Crippen molar-refractivity contribution < 1.29 is 14.3 Å².